The molecule has 0 bridgehead atoms. The molecule has 10 heteroatoms. The Bertz CT molecular complexity index is 1570. The van der Waals surface area contributed by atoms with E-state index in [9.17, 15) is 4.79 Å². The molecule has 2 saturated heterocycles. The van der Waals surface area contributed by atoms with E-state index in [0.717, 1.165) is 61.0 Å². The Balaban J connectivity index is 1.20. The molecule has 3 heterocycles. The number of para-hydroxylation sites is 1. The summed E-state index contributed by atoms with van der Waals surface area (Å²) in [4.78, 5) is 31.9. The van der Waals surface area contributed by atoms with E-state index >= 15 is 0 Å². The Morgan fingerprint density at radius 1 is 0.977 bits per heavy atom. The van der Waals surface area contributed by atoms with Crippen molar-refractivity contribution in [2.75, 3.05) is 60.4 Å². The van der Waals surface area contributed by atoms with Gasteiger partial charge in [0.1, 0.15) is 23.6 Å². The van der Waals surface area contributed by atoms with Crippen molar-refractivity contribution in [1.82, 2.24) is 14.9 Å². The van der Waals surface area contributed by atoms with Gasteiger partial charge in [0.25, 0.3) is 0 Å². The van der Waals surface area contributed by atoms with Gasteiger partial charge < -0.3 is 25.2 Å². The quantitative estimate of drug-likeness (QED) is 0.240. The van der Waals surface area contributed by atoms with E-state index in [4.69, 9.17) is 9.57 Å². The smallest absolute Gasteiger partial charge is 0.247 e. The van der Waals surface area contributed by atoms with Crippen LogP contribution in [0.3, 0.4) is 0 Å². The van der Waals surface area contributed by atoms with Crippen molar-refractivity contribution < 1.29 is 14.4 Å². The molecule has 1 atom stereocenters. The number of anilines is 5. The number of nitrogens with one attached hydrogen (secondary N) is 2. The van der Waals surface area contributed by atoms with Crippen LogP contribution in [0.5, 0.6) is 11.5 Å². The highest BCUT2D eigenvalue weighted by atomic mass is 16.7. The van der Waals surface area contributed by atoms with Gasteiger partial charge in [-0.2, -0.15) is 0 Å². The zero-order valence-corrected chi connectivity index (χ0v) is 24.1. The summed E-state index contributed by atoms with van der Waals surface area (Å²) in [5.41, 5.74) is 3.55. The molecule has 6 rings (SSSR count). The van der Waals surface area contributed by atoms with Crippen molar-refractivity contribution in [3.63, 3.8) is 0 Å². The molecule has 0 aliphatic carbocycles. The lowest BCUT2D eigenvalue weighted by atomic mass is 10.0. The van der Waals surface area contributed by atoms with E-state index in [1.165, 1.54) is 12.4 Å². The first-order valence-electron chi connectivity index (χ1n) is 14.4. The lowest BCUT2D eigenvalue weighted by Gasteiger charge is -2.35. The third-order valence-electron chi connectivity index (χ3n) is 7.56. The maximum absolute atomic E-state index is 12.3. The highest BCUT2D eigenvalue weighted by Crippen LogP contribution is 2.37. The fourth-order valence-corrected chi connectivity index (χ4v) is 5.31. The lowest BCUT2D eigenvalue weighted by molar-refractivity contribution is -0.111. The SMILES string of the molecule is C=CC(=O)Nc1cc(Nc2cc(N3OCCC3c3cccc(Oc4ccccc4)c3)ncn2)ccc1N1CCN(C)CC1. The van der Waals surface area contributed by atoms with Crippen LogP contribution < -0.4 is 25.3 Å². The van der Waals surface area contributed by atoms with Gasteiger partial charge >= 0.3 is 0 Å². The van der Waals surface area contributed by atoms with Crippen molar-refractivity contribution in [2.45, 2.75) is 12.5 Å². The van der Waals surface area contributed by atoms with Crippen LogP contribution in [-0.4, -0.2) is 60.6 Å². The predicted octanol–water partition coefficient (Wildman–Crippen LogP) is 5.77. The maximum atomic E-state index is 12.3. The summed E-state index contributed by atoms with van der Waals surface area (Å²) < 4.78 is 6.07. The first-order valence-corrected chi connectivity index (χ1v) is 14.4. The van der Waals surface area contributed by atoms with Crippen molar-refractivity contribution in [2.24, 2.45) is 0 Å². The standard InChI is InChI=1S/C33H35N7O3/c1-3-33(41)37-28-21-25(12-13-30(28)39-17-15-38(2)16-18-39)36-31-22-32(35-23-34-31)40-29(14-19-42-40)24-8-7-11-27(20-24)43-26-9-5-4-6-10-26/h3-13,20-23,29H,1,14-19H2,2H3,(H,37,41)(H,34,35,36). The average molecular weight is 578 g/mol. The summed E-state index contributed by atoms with van der Waals surface area (Å²) in [7, 11) is 2.12. The van der Waals surface area contributed by atoms with Gasteiger partial charge in [0, 0.05) is 44.4 Å². The summed E-state index contributed by atoms with van der Waals surface area (Å²) in [5, 5.41) is 8.18. The second kappa shape index (κ2) is 12.9. The second-order valence-corrected chi connectivity index (χ2v) is 10.6. The van der Waals surface area contributed by atoms with E-state index in [1.807, 2.05) is 77.9 Å². The van der Waals surface area contributed by atoms with Crippen molar-refractivity contribution in [3.05, 3.63) is 103 Å². The van der Waals surface area contributed by atoms with Gasteiger partial charge in [0.05, 0.1) is 24.0 Å². The Morgan fingerprint density at radius 3 is 2.60 bits per heavy atom. The minimum atomic E-state index is -0.257. The monoisotopic (exact) mass is 577 g/mol. The van der Waals surface area contributed by atoms with E-state index in [2.05, 4.69) is 50.1 Å². The van der Waals surface area contributed by atoms with Crippen LogP contribution >= 0.6 is 0 Å². The van der Waals surface area contributed by atoms with Gasteiger partial charge in [-0.05, 0) is 61.2 Å². The van der Waals surface area contributed by atoms with Crippen molar-refractivity contribution >= 4 is 34.6 Å². The second-order valence-electron chi connectivity index (χ2n) is 10.6. The number of hydrogen-bond donors (Lipinski definition) is 2. The topological polar surface area (TPSA) is 95.1 Å². The molecular formula is C33H35N7O3. The Labute approximate surface area is 251 Å². The minimum absolute atomic E-state index is 0.0364. The number of carbonyl (C=O) groups excluding carboxylic acids is 1. The van der Waals surface area contributed by atoms with Crippen LogP contribution in [0.4, 0.5) is 28.7 Å². The Hall–Kier alpha value is -4.93. The Morgan fingerprint density at radius 2 is 1.79 bits per heavy atom. The number of piperazine rings is 1. The number of hydrogen-bond acceptors (Lipinski definition) is 9. The Kier molecular flexibility index (Phi) is 8.48. The van der Waals surface area contributed by atoms with E-state index < -0.39 is 0 Å². The third-order valence-corrected chi connectivity index (χ3v) is 7.56. The number of rotatable bonds is 9. The lowest BCUT2D eigenvalue weighted by Crippen LogP contribution is -2.44. The maximum Gasteiger partial charge on any atom is 0.247 e. The number of nitrogens with zero attached hydrogens (tertiary/aromatic N) is 5. The average Bonchev–Trinajstić information content (AvgIpc) is 3.53. The minimum Gasteiger partial charge on any atom is -0.457 e. The van der Waals surface area contributed by atoms with Gasteiger partial charge in [0.2, 0.25) is 5.91 Å². The van der Waals surface area contributed by atoms with Gasteiger partial charge in [-0.1, -0.05) is 36.9 Å². The third kappa shape index (κ3) is 6.77. The molecule has 2 aliphatic rings. The normalized spacial score (nSPS) is 17.0. The molecule has 220 valence electrons. The van der Waals surface area contributed by atoms with Crippen LogP contribution in [0, 0.1) is 0 Å². The number of benzene rings is 3. The predicted molar refractivity (Wildman–Crippen MR) is 169 cm³/mol. The van der Waals surface area contributed by atoms with Gasteiger partial charge in [-0.25, -0.2) is 15.0 Å². The molecule has 0 spiro atoms. The molecule has 2 aliphatic heterocycles. The van der Waals surface area contributed by atoms with E-state index in [1.54, 1.807) is 0 Å². The molecule has 1 aromatic heterocycles. The summed E-state index contributed by atoms with van der Waals surface area (Å²) in [5.74, 6) is 2.54. The number of likely N-dealkylation sites (N-methyl/N-ethyl adjacent to an activating group) is 1. The summed E-state index contributed by atoms with van der Waals surface area (Å²) in [6, 6.07) is 25.6. The highest BCUT2D eigenvalue weighted by Gasteiger charge is 2.29. The molecule has 10 nitrogen and oxygen atoms in total. The highest BCUT2D eigenvalue weighted by molar-refractivity contribution is 6.01. The first-order chi connectivity index (χ1) is 21.1. The zero-order valence-electron chi connectivity index (χ0n) is 24.1. The zero-order chi connectivity index (χ0) is 29.6. The molecule has 0 saturated carbocycles. The van der Waals surface area contributed by atoms with Crippen LogP contribution in [0.1, 0.15) is 18.0 Å². The molecule has 3 aromatic carbocycles. The fourth-order valence-electron chi connectivity index (χ4n) is 5.31. The van der Waals surface area contributed by atoms with Crippen molar-refractivity contribution in [1.29, 1.82) is 0 Å². The molecule has 43 heavy (non-hydrogen) atoms. The number of amides is 1. The van der Waals surface area contributed by atoms with Gasteiger partial charge in [-0.15, -0.1) is 0 Å². The molecule has 4 aromatic rings. The molecular weight excluding hydrogens is 542 g/mol. The summed E-state index contributed by atoms with van der Waals surface area (Å²) >= 11 is 0. The summed E-state index contributed by atoms with van der Waals surface area (Å²) in [6.07, 6.45) is 3.60. The number of aromatic nitrogens is 2. The number of carbonyl (C=O) groups is 1. The number of hydroxylamine groups is 1. The van der Waals surface area contributed by atoms with E-state index in [0.29, 0.717) is 23.9 Å². The molecule has 1 unspecified atom stereocenters. The van der Waals surface area contributed by atoms with Crippen LogP contribution in [0.15, 0.2) is 97.8 Å². The molecule has 1 amide bonds. The fraction of sp³-hybridized carbons (Fsp3) is 0.242. The van der Waals surface area contributed by atoms with Crippen molar-refractivity contribution in [3.8, 4) is 11.5 Å². The van der Waals surface area contributed by atoms with Crippen LogP contribution in [-0.2, 0) is 9.63 Å². The molecule has 2 N–H and O–H groups in total. The van der Waals surface area contributed by atoms with Crippen LogP contribution in [0.25, 0.3) is 0 Å². The largest absolute Gasteiger partial charge is 0.457 e. The van der Waals surface area contributed by atoms with Gasteiger partial charge in [-0.3, -0.25) is 9.63 Å². The van der Waals surface area contributed by atoms with Gasteiger partial charge in [0.15, 0.2) is 5.82 Å². The summed E-state index contributed by atoms with van der Waals surface area (Å²) in [6.45, 7) is 7.87. The van der Waals surface area contributed by atoms with E-state index in [-0.39, 0.29) is 11.9 Å². The molecule has 2 fully saturated rings. The first kappa shape index (κ1) is 28.2. The molecule has 0 radical (unpaired) electrons. The number of ether oxygens (including phenoxy) is 1. The van der Waals surface area contributed by atoms with Crippen LogP contribution in [0.2, 0.25) is 0 Å².